The van der Waals surface area contributed by atoms with Crippen LogP contribution in [0.2, 0.25) is 0 Å². The van der Waals surface area contributed by atoms with Gasteiger partial charge in [0.15, 0.2) is 0 Å². The summed E-state index contributed by atoms with van der Waals surface area (Å²) in [7, 11) is -3.41. The van der Waals surface area contributed by atoms with E-state index in [0.29, 0.717) is 9.79 Å². The molecule has 0 heterocycles. The van der Waals surface area contributed by atoms with Gasteiger partial charge in [0.2, 0.25) is 9.84 Å². The second kappa shape index (κ2) is 4.34. The second-order valence-electron chi connectivity index (χ2n) is 3.96. The molecule has 2 rings (SSSR count). The first-order valence-corrected chi connectivity index (χ1v) is 6.72. The highest BCUT2D eigenvalue weighted by Gasteiger charge is 2.16. The normalized spacial score (nSPS) is 11.4. The third-order valence-electron chi connectivity index (χ3n) is 2.53. The summed E-state index contributed by atoms with van der Waals surface area (Å²) in [6.07, 6.45) is 0. The lowest BCUT2D eigenvalue weighted by Crippen LogP contribution is -2.02. The Bertz CT molecular complexity index is 626. The molecule has 1 radical (unpaired) electrons. The van der Waals surface area contributed by atoms with E-state index in [2.05, 4.69) is 6.92 Å². The van der Waals surface area contributed by atoms with Gasteiger partial charge >= 0.3 is 0 Å². The van der Waals surface area contributed by atoms with Gasteiger partial charge in [0.05, 0.1) is 9.79 Å². The van der Waals surface area contributed by atoms with Gasteiger partial charge in [0, 0.05) is 0 Å². The van der Waals surface area contributed by atoms with Crippen LogP contribution in [0.4, 0.5) is 0 Å². The SMILES string of the molecule is [CH2]c1ccc(S(=O)(=O)c2cccc(C)c2)cc1. The van der Waals surface area contributed by atoms with E-state index in [1.54, 1.807) is 42.5 Å². The monoisotopic (exact) mass is 245 g/mol. The first kappa shape index (κ1) is 11.9. The summed E-state index contributed by atoms with van der Waals surface area (Å²) in [4.78, 5) is 0.629. The van der Waals surface area contributed by atoms with E-state index >= 15 is 0 Å². The van der Waals surface area contributed by atoms with Crippen LogP contribution >= 0.6 is 0 Å². The zero-order valence-electron chi connectivity index (χ0n) is 9.55. The van der Waals surface area contributed by atoms with Crippen LogP contribution in [0.3, 0.4) is 0 Å². The molecular formula is C14H13O2S. The van der Waals surface area contributed by atoms with Gasteiger partial charge in [0.1, 0.15) is 0 Å². The van der Waals surface area contributed by atoms with Crippen LogP contribution in [-0.4, -0.2) is 8.42 Å². The Morgan fingerprint density at radius 3 is 2.18 bits per heavy atom. The van der Waals surface area contributed by atoms with E-state index in [9.17, 15) is 8.42 Å². The maximum atomic E-state index is 12.3. The summed E-state index contributed by atoms with van der Waals surface area (Å²) < 4.78 is 24.6. The Hall–Kier alpha value is -1.61. The second-order valence-corrected chi connectivity index (χ2v) is 5.91. The molecule has 2 aromatic rings. The summed E-state index contributed by atoms with van der Waals surface area (Å²) >= 11 is 0. The van der Waals surface area contributed by atoms with Crippen molar-refractivity contribution in [2.45, 2.75) is 16.7 Å². The highest BCUT2D eigenvalue weighted by atomic mass is 32.2. The molecule has 87 valence electrons. The fourth-order valence-corrected chi connectivity index (χ4v) is 2.95. The Labute approximate surface area is 102 Å². The Morgan fingerprint density at radius 1 is 0.941 bits per heavy atom. The van der Waals surface area contributed by atoms with Crippen molar-refractivity contribution < 1.29 is 8.42 Å². The lowest BCUT2D eigenvalue weighted by Gasteiger charge is -2.05. The van der Waals surface area contributed by atoms with Gasteiger partial charge in [0.25, 0.3) is 0 Å². The molecule has 0 saturated heterocycles. The first-order chi connectivity index (χ1) is 8.00. The predicted octanol–water partition coefficient (Wildman–Crippen LogP) is 3.01. The number of hydrogen-bond donors (Lipinski definition) is 0. The lowest BCUT2D eigenvalue weighted by atomic mass is 10.2. The summed E-state index contributed by atoms with van der Waals surface area (Å²) in [5.74, 6) is 0. The van der Waals surface area contributed by atoms with Crippen LogP contribution in [0.15, 0.2) is 58.3 Å². The predicted molar refractivity (Wildman–Crippen MR) is 67.5 cm³/mol. The first-order valence-electron chi connectivity index (χ1n) is 5.24. The maximum absolute atomic E-state index is 12.3. The van der Waals surface area contributed by atoms with E-state index in [1.165, 1.54) is 0 Å². The molecule has 17 heavy (non-hydrogen) atoms. The Morgan fingerprint density at radius 2 is 1.59 bits per heavy atom. The molecule has 0 aromatic heterocycles. The zero-order chi connectivity index (χ0) is 12.5. The van der Waals surface area contributed by atoms with Crippen LogP contribution < -0.4 is 0 Å². The van der Waals surface area contributed by atoms with Gasteiger partial charge in [-0.2, -0.15) is 0 Å². The van der Waals surface area contributed by atoms with E-state index in [0.717, 1.165) is 11.1 Å². The van der Waals surface area contributed by atoms with Gasteiger partial charge in [-0.05, 0) is 49.2 Å². The molecule has 0 N–H and O–H groups in total. The van der Waals surface area contributed by atoms with Crippen molar-refractivity contribution in [2.75, 3.05) is 0 Å². The summed E-state index contributed by atoms with van der Waals surface area (Å²) in [5.41, 5.74) is 1.73. The average Bonchev–Trinajstić information content (AvgIpc) is 2.29. The molecule has 2 nitrogen and oxygen atoms in total. The fraction of sp³-hybridized carbons (Fsp3) is 0.0714. The van der Waals surface area contributed by atoms with Crippen molar-refractivity contribution in [3.8, 4) is 0 Å². The smallest absolute Gasteiger partial charge is 0.206 e. The summed E-state index contributed by atoms with van der Waals surface area (Å²) in [6.45, 7) is 5.61. The average molecular weight is 245 g/mol. The van der Waals surface area contributed by atoms with E-state index in [-0.39, 0.29) is 0 Å². The number of benzene rings is 2. The molecule has 0 fully saturated rings. The van der Waals surface area contributed by atoms with Crippen LogP contribution in [0, 0.1) is 13.8 Å². The number of aryl methyl sites for hydroxylation is 1. The van der Waals surface area contributed by atoms with Gasteiger partial charge in [-0.3, -0.25) is 0 Å². The molecule has 0 spiro atoms. The highest BCUT2D eigenvalue weighted by Crippen LogP contribution is 2.21. The van der Waals surface area contributed by atoms with Gasteiger partial charge in [-0.15, -0.1) is 0 Å². The van der Waals surface area contributed by atoms with Crippen molar-refractivity contribution >= 4 is 9.84 Å². The zero-order valence-corrected chi connectivity index (χ0v) is 10.4. The highest BCUT2D eigenvalue weighted by molar-refractivity contribution is 7.91. The molecule has 0 unspecified atom stereocenters. The molecule has 0 bridgehead atoms. The van der Waals surface area contributed by atoms with Crippen LogP contribution in [0.5, 0.6) is 0 Å². The van der Waals surface area contributed by atoms with Crippen molar-refractivity contribution in [1.82, 2.24) is 0 Å². The van der Waals surface area contributed by atoms with E-state index < -0.39 is 9.84 Å². The minimum absolute atomic E-state index is 0.301. The number of sulfone groups is 1. The Kier molecular flexibility index (Phi) is 3.03. The molecule has 0 aliphatic rings. The van der Waals surface area contributed by atoms with Crippen molar-refractivity contribution in [1.29, 1.82) is 0 Å². The number of hydrogen-bond acceptors (Lipinski definition) is 2. The van der Waals surface area contributed by atoms with Crippen molar-refractivity contribution in [3.05, 3.63) is 66.6 Å². The molecule has 3 heteroatoms. The molecule has 0 aliphatic carbocycles. The van der Waals surface area contributed by atoms with Crippen LogP contribution in [-0.2, 0) is 9.84 Å². The minimum Gasteiger partial charge on any atom is -0.219 e. The molecule has 0 aliphatic heterocycles. The van der Waals surface area contributed by atoms with Crippen molar-refractivity contribution in [2.24, 2.45) is 0 Å². The van der Waals surface area contributed by atoms with Gasteiger partial charge in [-0.25, -0.2) is 8.42 Å². The molecule has 0 atom stereocenters. The fourth-order valence-electron chi connectivity index (χ4n) is 1.59. The third-order valence-corrected chi connectivity index (χ3v) is 4.30. The minimum atomic E-state index is -3.41. The number of rotatable bonds is 2. The van der Waals surface area contributed by atoms with Gasteiger partial charge in [-0.1, -0.05) is 24.3 Å². The largest absolute Gasteiger partial charge is 0.219 e. The molecule has 0 saturated carbocycles. The lowest BCUT2D eigenvalue weighted by molar-refractivity contribution is 0.596. The molecular weight excluding hydrogens is 232 g/mol. The van der Waals surface area contributed by atoms with Crippen LogP contribution in [0.1, 0.15) is 11.1 Å². The molecule has 2 aromatic carbocycles. The summed E-state index contributed by atoms with van der Waals surface area (Å²) in [5, 5.41) is 0. The standard InChI is InChI=1S/C14H13O2S/c1-11-6-8-13(9-7-11)17(15,16)14-5-3-4-12(2)10-14/h3-10H,1H2,2H3. The van der Waals surface area contributed by atoms with E-state index in [4.69, 9.17) is 0 Å². The molecule has 0 amide bonds. The Balaban J connectivity index is 2.54. The maximum Gasteiger partial charge on any atom is 0.206 e. The van der Waals surface area contributed by atoms with Crippen molar-refractivity contribution in [3.63, 3.8) is 0 Å². The quantitative estimate of drug-likeness (QED) is 0.815. The van der Waals surface area contributed by atoms with Gasteiger partial charge < -0.3 is 0 Å². The topological polar surface area (TPSA) is 34.1 Å². The van der Waals surface area contributed by atoms with Crippen LogP contribution in [0.25, 0.3) is 0 Å². The van der Waals surface area contributed by atoms with E-state index in [1.807, 2.05) is 13.0 Å². The third kappa shape index (κ3) is 2.39. The summed E-state index contributed by atoms with van der Waals surface area (Å²) in [6, 6.07) is 13.5.